The van der Waals surface area contributed by atoms with Crippen molar-refractivity contribution in [2.75, 3.05) is 6.61 Å². The van der Waals surface area contributed by atoms with Crippen LogP contribution >= 0.6 is 0 Å². The number of rotatable bonds is 3. The Morgan fingerprint density at radius 1 is 1.60 bits per heavy atom. The predicted molar refractivity (Wildman–Crippen MR) is 51.6 cm³/mol. The normalized spacial score (nSPS) is 26.3. The second-order valence-corrected chi connectivity index (χ2v) is 3.73. The summed E-state index contributed by atoms with van der Waals surface area (Å²) in [6, 6.07) is 1.15. The SMILES string of the molecule is O=c1ccn([C@@H]2C[C@@H]2[C@@H](O)CO)c(=O)[nH]1. The fourth-order valence-corrected chi connectivity index (χ4v) is 1.76. The average Bonchev–Trinajstić information content (AvgIpc) is 2.96. The fourth-order valence-electron chi connectivity index (χ4n) is 1.76. The number of hydrogen-bond donors (Lipinski definition) is 3. The van der Waals surface area contributed by atoms with Crippen LogP contribution in [0.15, 0.2) is 21.9 Å². The van der Waals surface area contributed by atoms with Crippen LogP contribution in [0.25, 0.3) is 0 Å². The molecule has 1 aromatic heterocycles. The van der Waals surface area contributed by atoms with Crippen molar-refractivity contribution in [2.45, 2.75) is 18.6 Å². The van der Waals surface area contributed by atoms with E-state index in [1.165, 1.54) is 16.8 Å². The Kier molecular flexibility index (Phi) is 2.45. The lowest BCUT2D eigenvalue weighted by molar-refractivity contribution is 0.0739. The summed E-state index contributed by atoms with van der Waals surface area (Å²) in [5, 5.41) is 18.1. The first-order valence-electron chi connectivity index (χ1n) is 4.74. The largest absolute Gasteiger partial charge is 0.394 e. The van der Waals surface area contributed by atoms with Gasteiger partial charge in [0.2, 0.25) is 0 Å². The molecule has 3 atom stereocenters. The molecule has 6 heteroatoms. The molecule has 0 aromatic carbocycles. The molecular weight excluding hydrogens is 200 g/mol. The van der Waals surface area contributed by atoms with Crippen LogP contribution in [-0.2, 0) is 0 Å². The Bertz CT molecular complexity index is 464. The summed E-state index contributed by atoms with van der Waals surface area (Å²) < 4.78 is 1.38. The Labute approximate surface area is 84.8 Å². The van der Waals surface area contributed by atoms with Gasteiger partial charge in [0.25, 0.3) is 5.56 Å². The maximum atomic E-state index is 11.3. The summed E-state index contributed by atoms with van der Waals surface area (Å²) in [6.07, 6.45) is 1.26. The van der Waals surface area contributed by atoms with Crippen LogP contribution in [0.2, 0.25) is 0 Å². The van der Waals surface area contributed by atoms with Crippen LogP contribution in [0.1, 0.15) is 12.5 Å². The van der Waals surface area contributed by atoms with Gasteiger partial charge in [-0.15, -0.1) is 0 Å². The van der Waals surface area contributed by atoms with Crippen molar-refractivity contribution in [3.63, 3.8) is 0 Å². The van der Waals surface area contributed by atoms with Gasteiger partial charge in [-0.3, -0.25) is 14.3 Å². The molecule has 1 heterocycles. The van der Waals surface area contributed by atoms with Crippen molar-refractivity contribution in [1.29, 1.82) is 0 Å². The minimum Gasteiger partial charge on any atom is -0.394 e. The van der Waals surface area contributed by atoms with Crippen LogP contribution in [0.4, 0.5) is 0 Å². The summed E-state index contributed by atoms with van der Waals surface area (Å²) in [5.41, 5.74) is -0.906. The number of nitrogens with zero attached hydrogens (tertiary/aromatic N) is 1. The summed E-state index contributed by atoms with van der Waals surface area (Å²) in [6.45, 7) is -0.306. The van der Waals surface area contributed by atoms with Gasteiger partial charge in [-0.05, 0) is 6.42 Å². The predicted octanol–water partition coefficient (Wildman–Crippen LogP) is -1.55. The van der Waals surface area contributed by atoms with E-state index in [4.69, 9.17) is 5.11 Å². The maximum Gasteiger partial charge on any atom is 0.328 e. The molecule has 6 nitrogen and oxygen atoms in total. The van der Waals surface area contributed by atoms with Gasteiger partial charge in [-0.25, -0.2) is 4.79 Å². The number of aromatic amines is 1. The quantitative estimate of drug-likeness (QED) is 0.565. The van der Waals surface area contributed by atoms with Crippen LogP contribution in [-0.4, -0.2) is 32.5 Å². The lowest BCUT2D eigenvalue weighted by Crippen LogP contribution is -2.29. The van der Waals surface area contributed by atoms with Gasteiger partial charge < -0.3 is 10.2 Å². The average molecular weight is 212 g/mol. The van der Waals surface area contributed by atoms with Gasteiger partial charge in [0, 0.05) is 24.2 Å². The minimum absolute atomic E-state index is 0.0985. The number of H-pyrrole nitrogens is 1. The third-order valence-electron chi connectivity index (χ3n) is 2.69. The van der Waals surface area contributed by atoms with E-state index in [-0.39, 0.29) is 18.6 Å². The lowest BCUT2D eigenvalue weighted by Gasteiger charge is -2.07. The molecule has 1 fully saturated rings. The molecule has 2 rings (SSSR count). The molecule has 0 radical (unpaired) electrons. The topological polar surface area (TPSA) is 95.3 Å². The molecule has 1 aromatic rings. The first-order valence-corrected chi connectivity index (χ1v) is 4.74. The molecule has 0 unspecified atom stereocenters. The molecule has 0 bridgehead atoms. The first-order chi connectivity index (χ1) is 7.13. The highest BCUT2D eigenvalue weighted by molar-refractivity contribution is 4.99. The maximum absolute atomic E-state index is 11.3. The van der Waals surface area contributed by atoms with Crippen molar-refractivity contribution in [3.05, 3.63) is 33.1 Å². The molecule has 0 saturated heterocycles. The second-order valence-electron chi connectivity index (χ2n) is 3.73. The van der Waals surface area contributed by atoms with Gasteiger partial charge in [0.1, 0.15) is 0 Å². The van der Waals surface area contributed by atoms with Crippen LogP contribution in [0.5, 0.6) is 0 Å². The van der Waals surface area contributed by atoms with Gasteiger partial charge >= 0.3 is 5.69 Å². The van der Waals surface area contributed by atoms with Gasteiger partial charge in [0.05, 0.1) is 12.7 Å². The van der Waals surface area contributed by atoms with E-state index in [0.717, 1.165) is 0 Å². The zero-order valence-electron chi connectivity index (χ0n) is 7.96. The van der Waals surface area contributed by atoms with E-state index in [1.54, 1.807) is 0 Å². The fraction of sp³-hybridized carbons (Fsp3) is 0.556. The number of aliphatic hydroxyl groups excluding tert-OH is 2. The van der Waals surface area contributed by atoms with Crippen molar-refractivity contribution in [2.24, 2.45) is 5.92 Å². The number of nitrogens with one attached hydrogen (secondary N) is 1. The second kappa shape index (κ2) is 3.63. The standard InChI is InChI=1S/C9H12N2O4/c12-4-7(13)5-3-6(5)11-2-1-8(14)10-9(11)15/h1-2,5-7,12-13H,3-4H2,(H,10,14,15)/t5-,6+,7-/m0/s1. The number of aliphatic hydroxyl groups is 2. The third-order valence-corrected chi connectivity index (χ3v) is 2.69. The Hall–Kier alpha value is -1.40. The van der Waals surface area contributed by atoms with E-state index >= 15 is 0 Å². The van der Waals surface area contributed by atoms with E-state index in [2.05, 4.69) is 4.98 Å². The Balaban J connectivity index is 2.20. The van der Waals surface area contributed by atoms with E-state index < -0.39 is 17.4 Å². The Morgan fingerprint density at radius 3 is 2.93 bits per heavy atom. The first kappa shape index (κ1) is 10.1. The van der Waals surface area contributed by atoms with E-state index in [9.17, 15) is 14.7 Å². The van der Waals surface area contributed by atoms with Crippen molar-refractivity contribution < 1.29 is 10.2 Å². The molecule has 82 valence electrons. The molecule has 0 amide bonds. The van der Waals surface area contributed by atoms with Gasteiger partial charge in [-0.1, -0.05) is 0 Å². The summed E-state index contributed by atoms with van der Waals surface area (Å²) >= 11 is 0. The lowest BCUT2D eigenvalue weighted by atomic mass is 10.2. The highest BCUT2D eigenvalue weighted by atomic mass is 16.3. The molecule has 1 aliphatic carbocycles. The highest BCUT2D eigenvalue weighted by Crippen LogP contribution is 2.44. The molecule has 1 saturated carbocycles. The van der Waals surface area contributed by atoms with Crippen LogP contribution in [0, 0.1) is 5.92 Å². The smallest absolute Gasteiger partial charge is 0.328 e. The third kappa shape index (κ3) is 1.86. The molecule has 0 aliphatic heterocycles. The number of aromatic nitrogens is 2. The summed E-state index contributed by atoms with van der Waals surface area (Å²) in [7, 11) is 0. The van der Waals surface area contributed by atoms with Crippen molar-refractivity contribution >= 4 is 0 Å². The molecular formula is C9H12N2O4. The van der Waals surface area contributed by atoms with E-state index in [0.29, 0.717) is 6.42 Å². The molecule has 15 heavy (non-hydrogen) atoms. The molecule has 1 aliphatic rings. The zero-order chi connectivity index (χ0) is 11.0. The number of hydrogen-bond acceptors (Lipinski definition) is 4. The van der Waals surface area contributed by atoms with E-state index in [1.807, 2.05) is 0 Å². The summed E-state index contributed by atoms with van der Waals surface area (Å²) in [5.74, 6) is -0.0985. The van der Waals surface area contributed by atoms with Crippen LogP contribution < -0.4 is 11.2 Å². The molecule has 3 N–H and O–H groups in total. The highest BCUT2D eigenvalue weighted by Gasteiger charge is 2.44. The minimum atomic E-state index is -0.797. The Morgan fingerprint density at radius 2 is 2.33 bits per heavy atom. The van der Waals surface area contributed by atoms with Crippen LogP contribution in [0.3, 0.4) is 0 Å². The molecule has 0 spiro atoms. The zero-order valence-corrected chi connectivity index (χ0v) is 7.96. The summed E-state index contributed by atoms with van der Waals surface area (Å²) in [4.78, 5) is 24.3. The van der Waals surface area contributed by atoms with Crippen molar-refractivity contribution in [3.8, 4) is 0 Å². The van der Waals surface area contributed by atoms with Gasteiger partial charge in [-0.2, -0.15) is 0 Å². The van der Waals surface area contributed by atoms with Gasteiger partial charge in [0.15, 0.2) is 0 Å². The van der Waals surface area contributed by atoms with Crippen molar-refractivity contribution in [1.82, 2.24) is 9.55 Å². The monoisotopic (exact) mass is 212 g/mol.